The number of benzene rings is 1. The number of carbonyl (C=O) groups excluding carboxylic acids is 1. The molecule has 21 heavy (non-hydrogen) atoms. The average molecular weight is 287 g/mol. The monoisotopic (exact) mass is 287 g/mol. The van der Waals surface area contributed by atoms with Gasteiger partial charge in [-0.05, 0) is 41.5 Å². The molecule has 0 atom stereocenters. The van der Waals surface area contributed by atoms with E-state index in [1.807, 2.05) is 6.20 Å². The van der Waals surface area contributed by atoms with Gasteiger partial charge >= 0.3 is 5.97 Å². The molecule has 112 valence electrons. The van der Waals surface area contributed by atoms with Gasteiger partial charge in [-0.1, -0.05) is 20.8 Å². The highest BCUT2D eigenvalue weighted by Crippen LogP contribution is 2.29. The normalized spacial score (nSPS) is 11.7. The highest BCUT2D eigenvalue weighted by molar-refractivity contribution is 5.96. The van der Waals surface area contributed by atoms with E-state index >= 15 is 0 Å². The van der Waals surface area contributed by atoms with Gasteiger partial charge in [0.25, 0.3) is 5.56 Å². The smallest absolute Gasteiger partial charge is 0.338 e. The summed E-state index contributed by atoms with van der Waals surface area (Å²) in [6.07, 6.45) is 1.85. The first kappa shape index (κ1) is 15.3. The predicted molar refractivity (Wildman–Crippen MR) is 83.8 cm³/mol. The second-order valence-electron chi connectivity index (χ2n) is 6.19. The molecule has 1 aromatic carbocycles. The molecule has 1 heterocycles. The lowest BCUT2D eigenvalue weighted by molar-refractivity contribution is 0.0526. The van der Waals surface area contributed by atoms with Crippen molar-refractivity contribution in [2.75, 3.05) is 6.61 Å². The number of ether oxygens (including phenoxy) is 1. The molecule has 0 unspecified atom stereocenters. The Morgan fingerprint density at radius 2 is 1.90 bits per heavy atom. The van der Waals surface area contributed by atoms with Crippen molar-refractivity contribution in [3.63, 3.8) is 0 Å². The van der Waals surface area contributed by atoms with E-state index in [0.717, 1.165) is 10.9 Å². The lowest BCUT2D eigenvalue weighted by Crippen LogP contribution is -2.22. The summed E-state index contributed by atoms with van der Waals surface area (Å²) < 4.78 is 6.62. The molecule has 0 radical (unpaired) electrons. The predicted octanol–water partition coefficient (Wildman–Crippen LogP) is 3.01. The van der Waals surface area contributed by atoms with Gasteiger partial charge in [-0.25, -0.2) is 4.79 Å². The van der Waals surface area contributed by atoms with Crippen LogP contribution in [0.3, 0.4) is 0 Å². The van der Waals surface area contributed by atoms with Crippen LogP contribution in [0.4, 0.5) is 0 Å². The van der Waals surface area contributed by atoms with Gasteiger partial charge in [0.05, 0.1) is 12.2 Å². The number of aromatic nitrogens is 1. The topological polar surface area (TPSA) is 48.3 Å². The third kappa shape index (κ3) is 2.84. The van der Waals surface area contributed by atoms with Crippen molar-refractivity contribution in [1.29, 1.82) is 0 Å². The Morgan fingerprint density at radius 1 is 1.24 bits per heavy atom. The molecule has 2 rings (SSSR count). The van der Waals surface area contributed by atoms with Crippen LogP contribution in [0, 0.1) is 0 Å². The number of aryl methyl sites for hydroxylation is 1. The average Bonchev–Trinajstić information content (AvgIpc) is 2.41. The molecule has 0 amide bonds. The summed E-state index contributed by atoms with van der Waals surface area (Å²) >= 11 is 0. The molecule has 0 fully saturated rings. The third-order valence-corrected chi connectivity index (χ3v) is 3.50. The molecule has 0 saturated heterocycles. The van der Waals surface area contributed by atoms with E-state index in [1.54, 1.807) is 36.7 Å². The van der Waals surface area contributed by atoms with Crippen LogP contribution < -0.4 is 5.56 Å². The molecule has 0 aliphatic rings. The Bertz CT molecular complexity index is 751. The lowest BCUT2D eigenvalue weighted by Gasteiger charge is -2.22. The van der Waals surface area contributed by atoms with Crippen molar-refractivity contribution in [3.8, 4) is 0 Å². The zero-order chi connectivity index (χ0) is 15.8. The van der Waals surface area contributed by atoms with Crippen molar-refractivity contribution in [2.45, 2.75) is 33.1 Å². The number of esters is 1. The summed E-state index contributed by atoms with van der Waals surface area (Å²) in [6.45, 7) is 8.37. The Hall–Kier alpha value is -2.10. The maximum Gasteiger partial charge on any atom is 0.338 e. The fourth-order valence-corrected chi connectivity index (χ4v) is 2.40. The van der Waals surface area contributed by atoms with E-state index < -0.39 is 0 Å². The SMILES string of the molecule is CCOC(=O)c1ccc2c(=O)n(C)cc(C(C)(C)C)c2c1. The molecule has 0 N–H and O–H groups in total. The molecular weight excluding hydrogens is 266 g/mol. The van der Waals surface area contributed by atoms with Crippen LogP contribution in [-0.4, -0.2) is 17.1 Å². The molecule has 4 nitrogen and oxygen atoms in total. The second-order valence-corrected chi connectivity index (χ2v) is 6.19. The highest BCUT2D eigenvalue weighted by Gasteiger charge is 2.20. The molecule has 2 aromatic rings. The van der Waals surface area contributed by atoms with Crippen molar-refractivity contribution in [3.05, 3.63) is 45.9 Å². The summed E-state index contributed by atoms with van der Waals surface area (Å²) in [5.74, 6) is -0.361. The van der Waals surface area contributed by atoms with Crippen LogP contribution in [-0.2, 0) is 17.2 Å². The van der Waals surface area contributed by atoms with Gasteiger partial charge in [-0.2, -0.15) is 0 Å². The summed E-state index contributed by atoms with van der Waals surface area (Å²) in [5.41, 5.74) is 1.32. The van der Waals surface area contributed by atoms with Crippen LogP contribution >= 0.6 is 0 Å². The largest absolute Gasteiger partial charge is 0.462 e. The summed E-state index contributed by atoms with van der Waals surface area (Å²) in [4.78, 5) is 24.2. The first-order chi connectivity index (χ1) is 9.75. The molecular formula is C17H21NO3. The minimum atomic E-state index is -0.361. The Labute approximate surface area is 124 Å². The van der Waals surface area contributed by atoms with Gasteiger partial charge in [-0.15, -0.1) is 0 Å². The number of pyridine rings is 1. The Balaban J connectivity index is 2.78. The lowest BCUT2D eigenvalue weighted by atomic mass is 9.84. The van der Waals surface area contributed by atoms with Gasteiger partial charge in [0, 0.05) is 18.6 Å². The van der Waals surface area contributed by atoms with E-state index in [9.17, 15) is 9.59 Å². The minimum absolute atomic E-state index is 0.0617. The Morgan fingerprint density at radius 3 is 2.48 bits per heavy atom. The van der Waals surface area contributed by atoms with Crippen LogP contribution in [0.15, 0.2) is 29.2 Å². The molecule has 0 aliphatic heterocycles. The van der Waals surface area contributed by atoms with Crippen LogP contribution in [0.25, 0.3) is 10.8 Å². The van der Waals surface area contributed by atoms with Crippen LogP contribution in [0.1, 0.15) is 43.6 Å². The number of hydrogen-bond acceptors (Lipinski definition) is 3. The quantitative estimate of drug-likeness (QED) is 0.798. The second kappa shape index (κ2) is 5.35. The zero-order valence-corrected chi connectivity index (χ0v) is 13.2. The molecule has 0 spiro atoms. The van der Waals surface area contributed by atoms with E-state index in [2.05, 4.69) is 20.8 Å². The van der Waals surface area contributed by atoms with Gasteiger partial charge in [0.1, 0.15) is 0 Å². The minimum Gasteiger partial charge on any atom is -0.462 e. The number of hydrogen-bond donors (Lipinski definition) is 0. The molecule has 0 aliphatic carbocycles. The van der Waals surface area contributed by atoms with Crippen molar-refractivity contribution >= 4 is 16.7 Å². The Kier molecular flexibility index (Phi) is 3.90. The zero-order valence-electron chi connectivity index (χ0n) is 13.2. The van der Waals surface area contributed by atoms with E-state index in [-0.39, 0.29) is 16.9 Å². The maximum absolute atomic E-state index is 12.3. The third-order valence-electron chi connectivity index (χ3n) is 3.50. The van der Waals surface area contributed by atoms with E-state index in [1.165, 1.54) is 0 Å². The number of rotatable bonds is 2. The number of carbonyl (C=O) groups is 1. The van der Waals surface area contributed by atoms with Crippen molar-refractivity contribution in [1.82, 2.24) is 4.57 Å². The van der Waals surface area contributed by atoms with Crippen molar-refractivity contribution in [2.24, 2.45) is 7.05 Å². The van der Waals surface area contributed by atoms with Crippen molar-refractivity contribution < 1.29 is 9.53 Å². The highest BCUT2D eigenvalue weighted by atomic mass is 16.5. The molecule has 0 saturated carbocycles. The summed E-state index contributed by atoms with van der Waals surface area (Å²) in [6, 6.07) is 5.11. The standard InChI is InChI=1S/C17H21NO3/c1-6-21-16(20)11-7-8-12-13(9-11)14(17(2,3)4)10-18(5)15(12)19/h7-10H,6H2,1-5H3. The number of nitrogens with zero attached hydrogens (tertiary/aromatic N) is 1. The van der Waals surface area contributed by atoms with E-state index in [4.69, 9.17) is 4.74 Å². The van der Waals surface area contributed by atoms with Gasteiger partial charge in [0.2, 0.25) is 0 Å². The van der Waals surface area contributed by atoms with Gasteiger partial charge in [-0.3, -0.25) is 4.79 Å². The first-order valence-electron chi connectivity index (χ1n) is 7.06. The van der Waals surface area contributed by atoms with Gasteiger partial charge < -0.3 is 9.30 Å². The maximum atomic E-state index is 12.3. The molecule has 1 aromatic heterocycles. The molecule has 4 heteroatoms. The summed E-state index contributed by atoms with van der Waals surface area (Å²) in [5, 5.41) is 1.44. The van der Waals surface area contributed by atoms with E-state index in [0.29, 0.717) is 17.6 Å². The first-order valence-corrected chi connectivity index (χ1v) is 7.06. The fourth-order valence-electron chi connectivity index (χ4n) is 2.40. The summed E-state index contributed by atoms with van der Waals surface area (Å²) in [7, 11) is 1.75. The van der Waals surface area contributed by atoms with Crippen LogP contribution in [0.5, 0.6) is 0 Å². The molecule has 0 bridgehead atoms. The van der Waals surface area contributed by atoms with Crippen LogP contribution in [0.2, 0.25) is 0 Å². The number of fused-ring (bicyclic) bond motifs is 1. The van der Waals surface area contributed by atoms with Gasteiger partial charge in [0.15, 0.2) is 0 Å². The fraction of sp³-hybridized carbons (Fsp3) is 0.412.